The van der Waals surface area contributed by atoms with Gasteiger partial charge in [-0.3, -0.25) is 0 Å². The SMILES string of the molecule is CC(C)(C)c1cc(-c2cccc(-c3ccccc3)c2)c(N2c3ccc(-c4ccccc4)cc3B3c4cc(-c5ccccc5)ccc4N(c4c(-c5cccc(-c6ccccc6)c5)cc(C(C)(C)C)cc4-c4cccc(-c5ccccc5)c4)c4cc(-n5c6ccccc6c6ccccc65)cc2c43)c(-c2cccc(-c3ccccc3)c2)c1. The zero-order chi connectivity index (χ0) is 76.8. The Balaban J connectivity index is 0.995. The molecule has 3 heterocycles. The van der Waals surface area contributed by atoms with Crippen LogP contribution in [0.2, 0.25) is 0 Å². The van der Waals surface area contributed by atoms with Crippen LogP contribution in [-0.4, -0.2) is 11.3 Å². The minimum atomic E-state index is -0.320. The number of nitrogens with zero attached hydrogens (tertiary/aromatic N) is 3. The van der Waals surface area contributed by atoms with Gasteiger partial charge in [-0.25, -0.2) is 0 Å². The van der Waals surface area contributed by atoms with Gasteiger partial charge in [0.05, 0.1) is 28.1 Å². The molecule has 0 saturated carbocycles. The molecule has 0 fully saturated rings. The Morgan fingerprint density at radius 2 is 0.465 bits per heavy atom. The maximum Gasteiger partial charge on any atom is 0.252 e. The number of rotatable bonds is 13. The quantitative estimate of drug-likeness (QED) is 0.107. The van der Waals surface area contributed by atoms with Crippen LogP contribution >= 0.6 is 0 Å². The van der Waals surface area contributed by atoms with Gasteiger partial charge in [0.2, 0.25) is 0 Å². The molecule has 0 amide bonds. The van der Waals surface area contributed by atoms with Crippen molar-refractivity contribution in [2.75, 3.05) is 9.80 Å². The van der Waals surface area contributed by atoms with Crippen LogP contribution in [0.3, 0.4) is 0 Å². The number of aromatic nitrogens is 1. The number of hydrogen-bond donors (Lipinski definition) is 0. The monoisotopic (exact) mass is 1460 g/mol. The Morgan fingerprint density at radius 1 is 0.211 bits per heavy atom. The number of fused-ring (bicyclic) bond motifs is 7. The minimum Gasteiger partial charge on any atom is -0.310 e. The van der Waals surface area contributed by atoms with Crippen molar-refractivity contribution in [1.82, 2.24) is 4.57 Å². The van der Waals surface area contributed by atoms with Crippen molar-refractivity contribution in [3.05, 3.63) is 412 Å². The van der Waals surface area contributed by atoms with Crippen molar-refractivity contribution in [3.63, 3.8) is 0 Å². The third-order valence-electron chi connectivity index (χ3n) is 23.6. The zero-order valence-electron chi connectivity index (χ0n) is 65.0. The van der Waals surface area contributed by atoms with Crippen LogP contribution in [0.4, 0.5) is 34.1 Å². The maximum absolute atomic E-state index is 2.74. The van der Waals surface area contributed by atoms with E-state index in [0.29, 0.717) is 0 Å². The first-order valence-electron chi connectivity index (χ1n) is 40.0. The molecule has 114 heavy (non-hydrogen) atoms. The summed E-state index contributed by atoms with van der Waals surface area (Å²) in [4.78, 5) is 5.47. The molecule has 3 nitrogen and oxygen atoms in total. The molecule has 0 bridgehead atoms. The lowest BCUT2D eigenvalue weighted by molar-refractivity contribution is 0.590. The van der Waals surface area contributed by atoms with Gasteiger partial charge in [-0.1, -0.05) is 357 Å². The molecule has 1 aromatic heterocycles. The smallest absolute Gasteiger partial charge is 0.252 e. The zero-order valence-corrected chi connectivity index (χ0v) is 65.0. The third kappa shape index (κ3) is 12.3. The fraction of sp³-hybridized carbons (Fsp3) is 0.0727. The summed E-state index contributed by atoms with van der Waals surface area (Å²) < 4.78 is 2.56. The van der Waals surface area contributed by atoms with Gasteiger partial charge in [0.1, 0.15) is 0 Å². The van der Waals surface area contributed by atoms with E-state index in [1.807, 2.05) is 0 Å². The second kappa shape index (κ2) is 28.2. The predicted octanol–water partition coefficient (Wildman–Crippen LogP) is 28.1. The largest absolute Gasteiger partial charge is 0.310 e. The number of para-hydroxylation sites is 2. The number of benzene rings is 17. The molecule has 4 heteroatoms. The highest BCUT2D eigenvalue weighted by Gasteiger charge is 2.46. The van der Waals surface area contributed by atoms with Crippen LogP contribution in [0.15, 0.2) is 400 Å². The van der Waals surface area contributed by atoms with Gasteiger partial charge < -0.3 is 14.4 Å². The molecule has 2 aliphatic heterocycles. The Labute approximate surface area is 669 Å². The van der Waals surface area contributed by atoms with Crippen molar-refractivity contribution in [3.8, 4) is 117 Å². The molecular weight excluding hydrogens is 1370 g/mol. The summed E-state index contributed by atoms with van der Waals surface area (Å²) in [5.74, 6) is 0. The van der Waals surface area contributed by atoms with Gasteiger partial charge in [0.25, 0.3) is 6.71 Å². The molecule has 18 aromatic rings. The fourth-order valence-electron chi connectivity index (χ4n) is 17.9. The highest BCUT2D eigenvalue weighted by atomic mass is 15.2. The minimum absolute atomic E-state index is 0.277. The third-order valence-corrected chi connectivity index (χ3v) is 23.6. The molecule has 0 spiro atoms. The Morgan fingerprint density at radius 3 is 0.754 bits per heavy atom. The summed E-state index contributed by atoms with van der Waals surface area (Å²) in [5, 5.41) is 2.39. The van der Waals surface area contributed by atoms with Crippen LogP contribution in [0.5, 0.6) is 0 Å². The van der Waals surface area contributed by atoms with Crippen molar-refractivity contribution < 1.29 is 0 Å². The van der Waals surface area contributed by atoms with Gasteiger partial charge in [-0.15, -0.1) is 0 Å². The van der Waals surface area contributed by atoms with Crippen LogP contribution in [-0.2, 0) is 10.8 Å². The summed E-state index contributed by atoms with van der Waals surface area (Å²) in [6.45, 7) is 13.9. The number of hydrogen-bond acceptors (Lipinski definition) is 2. The van der Waals surface area contributed by atoms with Gasteiger partial charge in [0.15, 0.2) is 0 Å². The van der Waals surface area contributed by atoms with Crippen molar-refractivity contribution in [1.29, 1.82) is 0 Å². The summed E-state index contributed by atoms with van der Waals surface area (Å²) in [6, 6.07) is 151. The van der Waals surface area contributed by atoms with Gasteiger partial charge in [-0.05, 0) is 212 Å². The second-order valence-corrected chi connectivity index (χ2v) is 32.8. The van der Waals surface area contributed by atoms with Gasteiger partial charge in [0, 0.05) is 55.8 Å². The molecule has 2 aliphatic rings. The average Bonchev–Trinajstić information content (AvgIpc) is 0.799. The highest BCUT2D eigenvalue weighted by molar-refractivity contribution is 7.00. The normalized spacial score (nSPS) is 12.4. The Kier molecular flexibility index (Phi) is 17.2. The van der Waals surface area contributed by atoms with Crippen molar-refractivity contribution in [2.45, 2.75) is 52.4 Å². The van der Waals surface area contributed by atoms with E-state index in [0.717, 1.165) is 162 Å². The maximum atomic E-state index is 2.74. The van der Waals surface area contributed by atoms with E-state index in [4.69, 9.17) is 0 Å². The second-order valence-electron chi connectivity index (χ2n) is 32.8. The lowest BCUT2D eigenvalue weighted by atomic mass is 9.33. The first-order chi connectivity index (χ1) is 55.8. The van der Waals surface area contributed by atoms with Crippen LogP contribution in [0.25, 0.3) is 139 Å². The topological polar surface area (TPSA) is 11.4 Å². The standard InChI is InChI=1S/C110H84BN3/c1-109(2,3)89-67-94(85-49-29-45-79(61-85)73-33-13-7-14-34-73)107(95(68-89)86-50-30-46-80(62-86)74-35-15-8-16-36-74)113-102-59-57-83(77-41-21-11-22-42-77)65-98(102)111-99-66-84(78-43-23-12-24-44-78)58-60-103(99)114(105-72-91(71-104(113)106(105)111)112-100-55-27-25-53-92(100)93-54-26-28-56-101(93)112)108-96(87-51-31-47-81(63-87)75-37-17-9-18-38-75)69-90(110(4,5)6)70-97(108)88-52-32-48-82(64-88)76-39-19-10-20-40-76/h7-72H,1-6H3. The molecular formula is C110H84BN3. The molecule has 542 valence electrons. The molecule has 0 unspecified atom stereocenters. The molecule has 17 aromatic carbocycles. The summed E-state index contributed by atoms with van der Waals surface area (Å²) in [5.41, 5.74) is 38.3. The van der Waals surface area contributed by atoms with Crippen molar-refractivity contribution >= 4 is 79.0 Å². The van der Waals surface area contributed by atoms with E-state index in [9.17, 15) is 0 Å². The molecule has 0 saturated heterocycles. The van der Waals surface area contributed by atoms with E-state index >= 15 is 0 Å². The van der Waals surface area contributed by atoms with E-state index in [1.54, 1.807) is 0 Å². The summed E-state index contributed by atoms with van der Waals surface area (Å²) >= 11 is 0. The highest BCUT2D eigenvalue weighted by Crippen LogP contribution is 2.56. The van der Waals surface area contributed by atoms with E-state index in [2.05, 4.69) is 456 Å². The number of anilines is 6. The van der Waals surface area contributed by atoms with Gasteiger partial charge in [-0.2, -0.15) is 0 Å². The molecule has 0 N–H and O–H groups in total. The summed E-state index contributed by atoms with van der Waals surface area (Å²) in [7, 11) is 0. The molecule has 0 aliphatic carbocycles. The van der Waals surface area contributed by atoms with Gasteiger partial charge >= 0.3 is 0 Å². The predicted molar refractivity (Wildman–Crippen MR) is 487 cm³/mol. The van der Waals surface area contributed by atoms with Crippen LogP contribution < -0.4 is 26.2 Å². The first-order valence-corrected chi connectivity index (χ1v) is 40.0. The Hall–Kier alpha value is -13.8. The van der Waals surface area contributed by atoms with Crippen LogP contribution in [0, 0.1) is 0 Å². The van der Waals surface area contributed by atoms with E-state index in [1.165, 1.54) is 38.3 Å². The van der Waals surface area contributed by atoms with E-state index in [-0.39, 0.29) is 17.5 Å². The van der Waals surface area contributed by atoms with E-state index < -0.39 is 0 Å². The lowest BCUT2D eigenvalue weighted by Gasteiger charge is -2.46. The first kappa shape index (κ1) is 69.4. The van der Waals surface area contributed by atoms with Crippen LogP contribution in [0.1, 0.15) is 52.7 Å². The lowest BCUT2D eigenvalue weighted by Crippen LogP contribution is -2.61. The Bertz CT molecular complexity index is 6120. The fourth-order valence-corrected chi connectivity index (χ4v) is 17.9. The molecule has 20 rings (SSSR count). The average molecular weight is 1460 g/mol. The van der Waals surface area contributed by atoms with Crippen molar-refractivity contribution in [2.24, 2.45) is 0 Å². The molecule has 0 atom stereocenters. The summed E-state index contributed by atoms with van der Waals surface area (Å²) in [6.07, 6.45) is 0. The molecule has 0 radical (unpaired) electrons.